The summed E-state index contributed by atoms with van der Waals surface area (Å²) in [5.74, 6) is 0.974. The van der Waals surface area contributed by atoms with Crippen molar-refractivity contribution in [2.45, 2.75) is 44.0 Å². The van der Waals surface area contributed by atoms with Gasteiger partial charge in [0.25, 0.3) is 5.69 Å². The summed E-state index contributed by atoms with van der Waals surface area (Å²) in [6.07, 6.45) is 3.09. The normalized spacial score (nSPS) is 23.2. The van der Waals surface area contributed by atoms with Crippen molar-refractivity contribution in [1.82, 2.24) is 0 Å². The molecular weight excluding hydrogens is 338 g/mol. The predicted molar refractivity (Wildman–Crippen MR) is 84.4 cm³/mol. The predicted octanol–water partition coefficient (Wildman–Crippen LogP) is 4.32. The fraction of sp³-hybridized carbons (Fsp3) is 0.600. The number of alkyl halides is 1. The minimum Gasteiger partial charge on any atom is -0.493 e. The average Bonchev–Trinajstić information content (AvgIpc) is 2.48. The minimum absolute atomic E-state index is 0.00317. The molecule has 0 saturated heterocycles. The van der Waals surface area contributed by atoms with E-state index >= 15 is 0 Å². The Labute approximate surface area is 132 Å². The van der Waals surface area contributed by atoms with Crippen LogP contribution in [0.3, 0.4) is 0 Å². The van der Waals surface area contributed by atoms with Gasteiger partial charge in [0, 0.05) is 16.3 Å². The van der Waals surface area contributed by atoms with Crippen LogP contribution < -0.4 is 9.47 Å². The Morgan fingerprint density at radius 3 is 2.52 bits per heavy atom. The van der Waals surface area contributed by atoms with Crippen molar-refractivity contribution in [3.8, 4) is 11.5 Å². The highest BCUT2D eigenvalue weighted by atomic mass is 79.9. The molecule has 0 spiro atoms. The van der Waals surface area contributed by atoms with Gasteiger partial charge in [-0.15, -0.1) is 0 Å². The highest BCUT2D eigenvalue weighted by Gasteiger charge is 2.53. The summed E-state index contributed by atoms with van der Waals surface area (Å²) in [6.45, 7) is 4.33. The lowest BCUT2D eigenvalue weighted by Gasteiger charge is -2.52. The molecule has 0 N–H and O–H groups in total. The fourth-order valence-electron chi connectivity index (χ4n) is 3.03. The van der Waals surface area contributed by atoms with Gasteiger partial charge >= 0.3 is 0 Å². The first kappa shape index (κ1) is 16.1. The molecule has 21 heavy (non-hydrogen) atoms. The molecule has 0 aromatic heterocycles. The maximum atomic E-state index is 10.8. The third kappa shape index (κ3) is 2.73. The molecule has 2 unspecified atom stereocenters. The average molecular weight is 358 g/mol. The third-order valence-corrected chi connectivity index (χ3v) is 5.92. The number of nitro benzene ring substituents is 1. The van der Waals surface area contributed by atoms with E-state index in [0.29, 0.717) is 16.3 Å². The summed E-state index contributed by atoms with van der Waals surface area (Å²) in [7, 11) is 1.49. The number of rotatable bonds is 6. The summed E-state index contributed by atoms with van der Waals surface area (Å²) in [4.78, 5) is 10.8. The standard InChI is InChI=1S/C15H20BrNO4/c1-4-15(5-2)13(16)9-14(15)21-11-7-6-10(17(18)19)8-12(11)20-3/h6-8,13-14H,4-5,9H2,1-3H3. The summed E-state index contributed by atoms with van der Waals surface area (Å²) in [6, 6.07) is 4.47. The molecule has 0 heterocycles. The summed E-state index contributed by atoms with van der Waals surface area (Å²) >= 11 is 3.72. The Morgan fingerprint density at radius 2 is 2.05 bits per heavy atom. The molecule has 1 fully saturated rings. The first-order chi connectivity index (χ1) is 9.98. The van der Waals surface area contributed by atoms with E-state index in [0.717, 1.165) is 19.3 Å². The maximum absolute atomic E-state index is 10.8. The zero-order valence-corrected chi connectivity index (χ0v) is 14.1. The monoisotopic (exact) mass is 357 g/mol. The van der Waals surface area contributed by atoms with Crippen molar-refractivity contribution in [3.05, 3.63) is 28.3 Å². The Balaban J connectivity index is 2.22. The molecule has 0 aliphatic heterocycles. The highest BCUT2D eigenvalue weighted by molar-refractivity contribution is 9.09. The third-order valence-electron chi connectivity index (χ3n) is 4.63. The smallest absolute Gasteiger partial charge is 0.273 e. The first-order valence-electron chi connectivity index (χ1n) is 7.11. The second-order valence-corrected chi connectivity index (χ2v) is 6.45. The van der Waals surface area contributed by atoms with Crippen LogP contribution in [0.4, 0.5) is 5.69 Å². The van der Waals surface area contributed by atoms with Crippen molar-refractivity contribution < 1.29 is 14.4 Å². The van der Waals surface area contributed by atoms with Gasteiger partial charge in [-0.3, -0.25) is 10.1 Å². The van der Waals surface area contributed by atoms with E-state index < -0.39 is 4.92 Å². The second-order valence-electron chi connectivity index (χ2n) is 5.34. The van der Waals surface area contributed by atoms with Crippen LogP contribution in [0.15, 0.2) is 18.2 Å². The van der Waals surface area contributed by atoms with E-state index in [-0.39, 0.29) is 17.2 Å². The van der Waals surface area contributed by atoms with Gasteiger partial charge in [-0.1, -0.05) is 29.8 Å². The summed E-state index contributed by atoms with van der Waals surface area (Å²) in [5, 5.41) is 10.8. The van der Waals surface area contributed by atoms with Crippen molar-refractivity contribution >= 4 is 21.6 Å². The zero-order valence-electron chi connectivity index (χ0n) is 12.5. The molecule has 0 radical (unpaired) electrons. The van der Waals surface area contributed by atoms with E-state index in [2.05, 4.69) is 29.8 Å². The molecule has 1 aromatic carbocycles. The largest absolute Gasteiger partial charge is 0.493 e. The SMILES string of the molecule is CCC1(CC)C(Br)CC1Oc1ccc([N+](=O)[O-])cc1OC. The number of methoxy groups -OCH3 is 1. The highest BCUT2D eigenvalue weighted by Crippen LogP contribution is 2.53. The van der Waals surface area contributed by atoms with Crippen LogP contribution in [-0.4, -0.2) is 23.0 Å². The van der Waals surface area contributed by atoms with Gasteiger partial charge in [0.2, 0.25) is 0 Å². The number of halogens is 1. The molecular formula is C15H20BrNO4. The van der Waals surface area contributed by atoms with Crippen LogP contribution in [0.2, 0.25) is 0 Å². The molecule has 0 amide bonds. The number of non-ortho nitro benzene ring substituents is 1. The Bertz CT molecular complexity index is 530. The number of benzene rings is 1. The van der Waals surface area contributed by atoms with Crippen LogP contribution in [0.25, 0.3) is 0 Å². The molecule has 2 atom stereocenters. The van der Waals surface area contributed by atoms with Crippen LogP contribution in [0.5, 0.6) is 11.5 Å². The van der Waals surface area contributed by atoms with Crippen molar-refractivity contribution in [3.63, 3.8) is 0 Å². The quantitative estimate of drug-likeness (QED) is 0.432. The van der Waals surface area contributed by atoms with E-state index in [9.17, 15) is 10.1 Å². The van der Waals surface area contributed by atoms with E-state index in [1.807, 2.05) is 0 Å². The molecule has 6 heteroatoms. The van der Waals surface area contributed by atoms with Gasteiger partial charge < -0.3 is 9.47 Å². The number of ether oxygens (including phenoxy) is 2. The maximum Gasteiger partial charge on any atom is 0.273 e. The Kier molecular flexibility index (Phi) is 4.76. The lowest BCUT2D eigenvalue weighted by molar-refractivity contribution is -0.385. The molecule has 1 saturated carbocycles. The van der Waals surface area contributed by atoms with Gasteiger partial charge in [-0.05, 0) is 25.3 Å². The molecule has 1 aliphatic rings. The van der Waals surface area contributed by atoms with Gasteiger partial charge in [-0.25, -0.2) is 0 Å². The number of nitrogens with zero attached hydrogens (tertiary/aromatic N) is 1. The van der Waals surface area contributed by atoms with Gasteiger partial charge in [0.15, 0.2) is 11.5 Å². The number of hydrogen-bond acceptors (Lipinski definition) is 4. The Morgan fingerprint density at radius 1 is 1.38 bits per heavy atom. The molecule has 5 nitrogen and oxygen atoms in total. The second kappa shape index (κ2) is 6.22. The van der Waals surface area contributed by atoms with Crippen molar-refractivity contribution in [2.75, 3.05) is 7.11 Å². The van der Waals surface area contributed by atoms with Crippen LogP contribution in [0.1, 0.15) is 33.1 Å². The number of nitro groups is 1. The van der Waals surface area contributed by atoms with Gasteiger partial charge in [0.1, 0.15) is 6.10 Å². The van der Waals surface area contributed by atoms with Crippen LogP contribution in [-0.2, 0) is 0 Å². The van der Waals surface area contributed by atoms with E-state index in [1.54, 1.807) is 6.07 Å². The molecule has 0 bridgehead atoms. The molecule has 2 rings (SSSR count). The van der Waals surface area contributed by atoms with Gasteiger partial charge in [0.05, 0.1) is 18.1 Å². The molecule has 1 aliphatic carbocycles. The Hall–Kier alpha value is -1.30. The number of hydrogen-bond donors (Lipinski definition) is 0. The molecule has 116 valence electrons. The van der Waals surface area contributed by atoms with Gasteiger partial charge in [-0.2, -0.15) is 0 Å². The minimum atomic E-state index is -0.438. The fourth-order valence-corrected chi connectivity index (χ4v) is 4.31. The molecule has 1 aromatic rings. The van der Waals surface area contributed by atoms with Crippen LogP contribution >= 0.6 is 15.9 Å². The van der Waals surface area contributed by atoms with Crippen LogP contribution in [0, 0.1) is 15.5 Å². The first-order valence-corrected chi connectivity index (χ1v) is 8.03. The van der Waals surface area contributed by atoms with Crippen molar-refractivity contribution in [2.24, 2.45) is 5.41 Å². The zero-order chi connectivity index (χ0) is 15.6. The topological polar surface area (TPSA) is 61.6 Å². The lowest BCUT2D eigenvalue weighted by atomic mass is 9.62. The summed E-state index contributed by atoms with van der Waals surface area (Å²) in [5.41, 5.74) is 0.121. The lowest BCUT2D eigenvalue weighted by Crippen LogP contribution is -2.56. The van der Waals surface area contributed by atoms with E-state index in [4.69, 9.17) is 9.47 Å². The van der Waals surface area contributed by atoms with E-state index in [1.165, 1.54) is 19.2 Å². The summed E-state index contributed by atoms with van der Waals surface area (Å²) < 4.78 is 11.3. The van der Waals surface area contributed by atoms with Crippen molar-refractivity contribution in [1.29, 1.82) is 0 Å².